The monoisotopic (exact) mass is 411 g/mol. The van der Waals surface area contributed by atoms with Crippen LogP contribution in [0, 0.1) is 0 Å². The molecule has 0 aliphatic carbocycles. The van der Waals surface area contributed by atoms with Gasteiger partial charge in [-0.2, -0.15) is 0 Å². The Kier molecular flexibility index (Phi) is 5.69. The van der Waals surface area contributed by atoms with E-state index in [9.17, 15) is 0 Å². The van der Waals surface area contributed by atoms with E-state index in [0.717, 1.165) is 39.4 Å². The average molecular weight is 412 g/mol. The van der Waals surface area contributed by atoms with Crippen LogP contribution in [0.15, 0.2) is 76.5 Å². The lowest BCUT2D eigenvalue weighted by molar-refractivity contribution is 0.414. The molecule has 0 bridgehead atoms. The summed E-state index contributed by atoms with van der Waals surface area (Å²) in [5.41, 5.74) is 2.11. The molecule has 2 heterocycles. The first-order valence-corrected chi connectivity index (χ1v) is 10.1. The highest BCUT2D eigenvalue weighted by Crippen LogP contribution is 2.29. The highest BCUT2D eigenvalue weighted by atomic mass is 35.5. The van der Waals surface area contributed by atoms with Crippen LogP contribution in [-0.4, -0.2) is 21.9 Å². The second-order valence-electron chi connectivity index (χ2n) is 6.12. The number of hydrogen-bond donors (Lipinski definition) is 0. The number of ether oxygens (including phenoxy) is 1. The van der Waals surface area contributed by atoms with E-state index in [1.165, 1.54) is 0 Å². The van der Waals surface area contributed by atoms with Crippen molar-refractivity contribution < 1.29 is 9.15 Å². The summed E-state index contributed by atoms with van der Waals surface area (Å²) in [6, 6.07) is 19.4. The normalized spacial score (nSPS) is 10.9. The molecule has 142 valence electrons. The molecule has 0 radical (unpaired) electrons. The molecule has 0 spiro atoms. The van der Waals surface area contributed by atoms with Gasteiger partial charge >= 0.3 is 0 Å². The molecule has 7 heteroatoms. The van der Waals surface area contributed by atoms with Crippen LogP contribution in [-0.2, 0) is 12.3 Å². The number of nitrogens with zero attached hydrogens (tertiary/aromatic N) is 3. The molecule has 0 fully saturated rings. The van der Waals surface area contributed by atoms with E-state index in [1.807, 2.05) is 54.6 Å². The van der Waals surface area contributed by atoms with E-state index < -0.39 is 0 Å². The standard InChI is InChI=1S/C21H18ClN3O2S/c1-26-18-5-2-4-15(12-18)14-28-21-24-23-20(16-7-9-17(22)10-8-16)25(21)13-19-6-3-11-27-19/h2-12H,13-14H2,1H3. The quantitative estimate of drug-likeness (QED) is 0.373. The minimum absolute atomic E-state index is 0.554. The van der Waals surface area contributed by atoms with E-state index in [-0.39, 0.29) is 0 Å². The Balaban J connectivity index is 1.63. The average Bonchev–Trinajstić information content (AvgIpc) is 3.38. The molecule has 0 saturated carbocycles. The maximum Gasteiger partial charge on any atom is 0.192 e. The Morgan fingerprint density at radius 3 is 2.68 bits per heavy atom. The van der Waals surface area contributed by atoms with Gasteiger partial charge in [0.05, 0.1) is 19.9 Å². The summed E-state index contributed by atoms with van der Waals surface area (Å²) >= 11 is 7.66. The number of halogens is 1. The third-order valence-corrected chi connectivity index (χ3v) is 5.51. The van der Waals surface area contributed by atoms with Crippen molar-refractivity contribution in [2.45, 2.75) is 17.5 Å². The fraction of sp³-hybridized carbons (Fsp3) is 0.143. The van der Waals surface area contributed by atoms with Gasteiger partial charge in [0.25, 0.3) is 0 Å². The molecule has 0 amide bonds. The predicted octanol–water partition coefficient (Wildman–Crippen LogP) is 5.54. The van der Waals surface area contributed by atoms with Crippen molar-refractivity contribution >= 4 is 23.4 Å². The van der Waals surface area contributed by atoms with Crippen molar-refractivity contribution in [1.29, 1.82) is 0 Å². The molecule has 0 atom stereocenters. The molecule has 28 heavy (non-hydrogen) atoms. The van der Waals surface area contributed by atoms with Crippen LogP contribution in [0.5, 0.6) is 5.75 Å². The summed E-state index contributed by atoms with van der Waals surface area (Å²) in [4.78, 5) is 0. The van der Waals surface area contributed by atoms with Crippen molar-refractivity contribution in [2.75, 3.05) is 7.11 Å². The van der Waals surface area contributed by atoms with E-state index in [0.29, 0.717) is 11.6 Å². The van der Waals surface area contributed by atoms with Gasteiger partial charge < -0.3 is 9.15 Å². The van der Waals surface area contributed by atoms with Gasteiger partial charge in [0.15, 0.2) is 11.0 Å². The number of aromatic nitrogens is 3. The number of hydrogen-bond acceptors (Lipinski definition) is 5. The molecule has 0 unspecified atom stereocenters. The third kappa shape index (κ3) is 4.24. The van der Waals surface area contributed by atoms with E-state index in [2.05, 4.69) is 20.8 Å². The Hall–Kier alpha value is -2.70. The Morgan fingerprint density at radius 2 is 1.93 bits per heavy atom. The summed E-state index contributed by atoms with van der Waals surface area (Å²) in [5.74, 6) is 3.23. The van der Waals surface area contributed by atoms with Crippen LogP contribution in [0.4, 0.5) is 0 Å². The summed E-state index contributed by atoms with van der Waals surface area (Å²) in [5, 5.41) is 10.4. The van der Waals surface area contributed by atoms with Crippen molar-refractivity contribution in [3.05, 3.63) is 83.3 Å². The molecule has 0 aliphatic heterocycles. The number of thioether (sulfide) groups is 1. The highest BCUT2D eigenvalue weighted by Gasteiger charge is 2.16. The Morgan fingerprint density at radius 1 is 1.07 bits per heavy atom. The second-order valence-corrected chi connectivity index (χ2v) is 7.50. The van der Waals surface area contributed by atoms with Gasteiger partial charge in [-0.05, 0) is 54.1 Å². The SMILES string of the molecule is COc1cccc(CSc2nnc(-c3ccc(Cl)cc3)n2Cc2ccco2)c1. The minimum atomic E-state index is 0.554. The molecule has 0 N–H and O–H groups in total. The van der Waals surface area contributed by atoms with Crippen LogP contribution in [0.25, 0.3) is 11.4 Å². The zero-order valence-electron chi connectivity index (χ0n) is 15.2. The van der Waals surface area contributed by atoms with Crippen LogP contribution >= 0.6 is 23.4 Å². The molecule has 0 aliphatic rings. The molecular weight excluding hydrogens is 394 g/mol. The summed E-state index contributed by atoms with van der Waals surface area (Å²) in [7, 11) is 1.67. The van der Waals surface area contributed by atoms with Gasteiger partial charge in [0.1, 0.15) is 11.5 Å². The smallest absolute Gasteiger partial charge is 0.192 e. The molecule has 2 aromatic carbocycles. The van der Waals surface area contributed by atoms with Gasteiger partial charge in [-0.1, -0.05) is 35.5 Å². The second kappa shape index (κ2) is 8.54. The lowest BCUT2D eigenvalue weighted by atomic mass is 10.2. The predicted molar refractivity (Wildman–Crippen MR) is 111 cm³/mol. The van der Waals surface area contributed by atoms with Gasteiger partial charge in [-0.25, -0.2) is 0 Å². The van der Waals surface area contributed by atoms with E-state index in [4.69, 9.17) is 20.8 Å². The number of rotatable bonds is 7. The third-order valence-electron chi connectivity index (χ3n) is 4.22. The minimum Gasteiger partial charge on any atom is -0.497 e. The van der Waals surface area contributed by atoms with Gasteiger partial charge in [0, 0.05) is 16.3 Å². The first-order chi connectivity index (χ1) is 13.7. The highest BCUT2D eigenvalue weighted by molar-refractivity contribution is 7.98. The topological polar surface area (TPSA) is 53.1 Å². The lowest BCUT2D eigenvalue weighted by Gasteiger charge is -2.09. The Labute approximate surface area is 172 Å². The fourth-order valence-electron chi connectivity index (χ4n) is 2.82. The van der Waals surface area contributed by atoms with Crippen molar-refractivity contribution in [3.8, 4) is 17.1 Å². The van der Waals surface area contributed by atoms with Crippen LogP contribution in [0.1, 0.15) is 11.3 Å². The molecule has 4 rings (SSSR count). The van der Waals surface area contributed by atoms with E-state index >= 15 is 0 Å². The molecule has 2 aromatic heterocycles. The molecule has 4 aromatic rings. The van der Waals surface area contributed by atoms with Gasteiger partial charge in [-0.3, -0.25) is 4.57 Å². The van der Waals surface area contributed by atoms with Gasteiger partial charge in [-0.15, -0.1) is 10.2 Å². The Bertz CT molecular complexity index is 1050. The van der Waals surface area contributed by atoms with Crippen LogP contribution < -0.4 is 4.74 Å². The molecular formula is C21H18ClN3O2S. The summed E-state index contributed by atoms with van der Waals surface area (Å²) < 4.78 is 12.9. The van der Waals surface area contributed by atoms with Crippen molar-refractivity contribution in [2.24, 2.45) is 0 Å². The molecule has 5 nitrogen and oxygen atoms in total. The van der Waals surface area contributed by atoms with Crippen molar-refractivity contribution in [1.82, 2.24) is 14.8 Å². The van der Waals surface area contributed by atoms with Crippen LogP contribution in [0.3, 0.4) is 0 Å². The largest absolute Gasteiger partial charge is 0.497 e. The summed E-state index contributed by atoms with van der Waals surface area (Å²) in [6.07, 6.45) is 1.67. The maximum atomic E-state index is 6.03. The lowest BCUT2D eigenvalue weighted by Crippen LogP contribution is -2.03. The number of benzene rings is 2. The van der Waals surface area contributed by atoms with E-state index in [1.54, 1.807) is 25.1 Å². The van der Waals surface area contributed by atoms with Crippen molar-refractivity contribution in [3.63, 3.8) is 0 Å². The zero-order valence-corrected chi connectivity index (χ0v) is 16.8. The molecule has 0 saturated heterocycles. The van der Waals surface area contributed by atoms with Gasteiger partial charge in [0.2, 0.25) is 0 Å². The van der Waals surface area contributed by atoms with Crippen LogP contribution in [0.2, 0.25) is 5.02 Å². The fourth-order valence-corrected chi connectivity index (χ4v) is 3.83. The first-order valence-electron chi connectivity index (χ1n) is 8.70. The maximum absolute atomic E-state index is 6.03. The summed E-state index contributed by atoms with van der Waals surface area (Å²) in [6.45, 7) is 0.554. The first kappa shape index (κ1) is 18.7. The zero-order chi connectivity index (χ0) is 19.3. The number of furan rings is 1. The number of methoxy groups -OCH3 is 1.